The molecule has 1 aliphatic heterocycles. The van der Waals surface area contributed by atoms with Gasteiger partial charge in [0.1, 0.15) is 11.2 Å². The molecule has 3 heteroatoms. The summed E-state index contributed by atoms with van der Waals surface area (Å²) >= 11 is 0. The Morgan fingerprint density at radius 2 is 1.40 bits per heavy atom. The molecule has 0 saturated carbocycles. The number of fused-ring (bicyclic) bond motifs is 8. The van der Waals surface area contributed by atoms with E-state index in [1.54, 1.807) is 0 Å². The quantitative estimate of drug-likeness (QED) is 0.184. The molecule has 3 nitrogen and oxygen atoms in total. The molecule has 2 atom stereocenters. The molecule has 2 unspecified atom stereocenters. The van der Waals surface area contributed by atoms with Crippen molar-refractivity contribution in [3.8, 4) is 17.1 Å². The van der Waals surface area contributed by atoms with Crippen LogP contribution < -0.4 is 4.57 Å². The molecule has 1 aliphatic rings. The third-order valence-corrected chi connectivity index (χ3v) is 11.3. The molecule has 0 spiro atoms. The van der Waals surface area contributed by atoms with Crippen molar-refractivity contribution < 1.29 is 4.57 Å². The zero-order valence-electron chi connectivity index (χ0n) is 27.4. The maximum absolute atomic E-state index is 2.73. The van der Waals surface area contributed by atoms with Crippen LogP contribution in [0.4, 0.5) is 0 Å². The summed E-state index contributed by atoms with van der Waals surface area (Å²) in [6.45, 7) is 19.2. The van der Waals surface area contributed by atoms with E-state index in [4.69, 9.17) is 0 Å². The summed E-state index contributed by atoms with van der Waals surface area (Å²) < 4.78 is 7.80. The van der Waals surface area contributed by atoms with Crippen molar-refractivity contribution in [2.24, 2.45) is 7.05 Å². The molecule has 7 rings (SSSR count). The fourth-order valence-corrected chi connectivity index (χ4v) is 8.56. The van der Waals surface area contributed by atoms with Gasteiger partial charge in [-0.25, -0.2) is 4.57 Å². The molecule has 0 amide bonds. The minimum atomic E-state index is -0.101. The number of imidazole rings is 1. The fourth-order valence-electron chi connectivity index (χ4n) is 8.56. The number of rotatable bonds is 5. The topological polar surface area (TPSA) is 13.7 Å². The van der Waals surface area contributed by atoms with Gasteiger partial charge in [-0.2, -0.15) is 4.57 Å². The Labute approximate surface area is 256 Å². The van der Waals surface area contributed by atoms with E-state index in [1.165, 1.54) is 66.6 Å². The standard InChI is InChI=1S/C40H46N3/c1-10-39(7)30-20-14-12-18-27(30)38-42(32-22-16-17-23-33(32)43(38)40(39,8)11-2)37-29(25(3)4)24-34-36(35(37)26(5)6)28-19-13-15-21-31(28)41(34)9/h12-26H,10-11H2,1-9H3/q+1. The van der Waals surface area contributed by atoms with E-state index in [0.717, 1.165) is 12.8 Å². The van der Waals surface area contributed by atoms with Crippen LogP contribution in [0.15, 0.2) is 78.9 Å². The summed E-state index contributed by atoms with van der Waals surface area (Å²) in [6.07, 6.45) is 2.13. The zero-order chi connectivity index (χ0) is 30.4. The highest BCUT2D eigenvalue weighted by Gasteiger charge is 2.56. The molecule has 0 bridgehead atoms. The Morgan fingerprint density at radius 3 is 2.07 bits per heavy atom. The molecule has 3 heterocycles. The minimum absolute atomic E-state index is 0.00763. The normalized spacial score (nSPS) is 20.1. The molecule has 0 N–H and O–H groups in total. The van der Waals surface area contributed by atoms with Gasteiger partial charge >= 0.3 is 0 Å². The van der Waals surface area contributed by atoms with Crippen molar-refractivity contribution in [3.05, 3.63) is 95.6 Å². The van der Waals surface area contributed by atoms with Gasteiger partial charge in [0.05, 0.1) is 5.56 Å². The van der Waals surface area contributed by atoms with Crippen molar-refractivity contribution >= 4 is 32.8 Å². The summed E-state index contributed by atoms with van der Waals surface area (Å²) in [5, 5.41) is 2.74. The van der Waals surface area contributed by atoms with E-state index in [0.29, 0.717) is 11.8 Å². The third kappa shape index (κ3) is 3.45. The van der Waals surface area contributed by atoms with Crippen LogP contribution in [0, 0.1) is 0 Å². The van der Waals surface area contributed by atoms with Gasteiger partial charge < -0.3 is 4.57 Å². The Hall–Kier alpha value is -3.85. The van der Waals surface area contributed by atoms with E-state index in [1.807, 2.05) is 0 Å². The maximum Gasteiger partial charge on any atom is 0.295 e. The number of aromatic nitrogens is 3. The number of benzene rings is 4. The van der Waals surface area contributed by atoms with Crippen LogP contribution in [-0.2, 0) is 18.0 Å². The Bertz CT molecular complexity index is 2050. The van der Waals surface area contributed by atoms with E-state index < -0.39 is 0 Å². The van der Waals surface area contributed by atoms with Crippen LogP contribution in [0.2, 0.25) is 0 Å². The first-order valence-corrected chi connectivity index (χ1v) is 16.3. The molecule has 6 aromatic rings. The molecule has 0 saturated heterocycles. The van der Waals surface area contributed by atoms with Gasteiger partial charge in [-0.15, -0.1) is 0 Å². The lowest BCUT2D eigenvalue weighted by molar-refractivity contribution is -0.743. The molecule has 0 radical (unpaired) electrons. The van der Waals surface area contributed by atoms with Crippen LogP contribution in [-0.4, -0.2) is 9.13 Å². The van der Waals surface area contributed by atoms with E-state index in [-0.39, 0.29) is 11.0 Å². The number of hydrogen-bond acceptors (Lipinski definition) is 0. The van der Waals surface area contributed by atoms with Crippen molar-refractivity contribution in [2.45, 2.75) is 91.0 Å². The Balaban J connectivity index is 1.77. The molecular weight excluding hydrogens is 522 g/mol. The number of nitrogens with zero attached hydrogens (tertiary/aromatic N) is 3. The lowest BCUT2D eigenvalue weighted by Gasteiger charge is -2.48. The monoisotopic (exact) mass is 568 g/mol. The van der Waals surface area contributed by atoms with Crippen molar-refractivity contribution in [2.75, 3.05) is 0 Å². The predicted octanol–water partition coefficient (Wildman–Crippen LogP) is 10.3. The van der Waals surface area contributed by atoms with Crippen molar-refractivity contribution in [1.82, 2.24) is 9.13 Å². The first-order chi connectivity index (χ1) is 20.6. The predicted molar refractivity (Wildman–Crippen MR) is 183 cm³/mol. The Kier molecular flexibility index (Phi) is 6.22. The molecule has 43 heavy (non-hydrogen) atoms. The van der Waals surface area contributed by atoms with Crippen LogP contribution in [0.5, 0.6) is 0 Å². The molecule has 220 valence electrons. The average Bonchev–Trinajstić information content (AvgIpc) is 3.51. The number of hydrogen-bond donors (Lipinski definition) is 0. The van der Waals surface area contributed by atoms with Gasteiger partial charge in [-0.05, 0) is 67.5 Å². The summed E-state index contributed by atoms with van der Waals surface area (Å²) in [7, 11) is 2.23. The SMILES string of the molecule is CCC1(C)c2ccccc2-c2n(-c3c(C(C)C)cc4c(c3C(C)C)c3ccccc3n4C)c3ccccc3[n+]2C1(C)CC. The smallest absolute Gasteiger partial charge is 0.295 e. The van der Waals surface area contributed by atoms with Gasteiger partial charge in [-0.1, -0.05) is 97.0 Å². The van der Waals surface area contributed by atoms with E-state index >= 15 is 0 Å². The lowest BCUT2D eigenvalue weighted by atomic mass is 9.61. The van der Waals surface area contributed by atoms with Gasteiger partial charge in [0.15, 0.2) is 11.0 Å². The van der Waals surface area contributed by atoms with Gasteiger partial charge in [0.25, 0.3) is 5.82 Å². The van der Waals surface area contributed by atoms with Crippen molar-refractivity contribution in [3.63, 3.8) is 0 Å². The number of aryl methyl sites for hydroxylation is 1. The first-order valence-electron chi connectivity index (χ1n) is 16.3. The summed E-state index contributed by atoms with van der Waals surface area (Å²) in [4.78, 5) is 0. The summed E-state index contributed by atoms with van der Waals surface area (Å²) in [6, 6.07) is 29.8. The van der Waals surface area contributed by atoms with Crippen LogP contribution >= 0.6 is 0 Å². The second-order valence-corrected chi connectivity index (χ2v) is 13.8. The number of para-hydroxylation sites is 3. The van der Waals surface area contributed by atoms with Crippen molar-refractivity contribution in [1.29, 1.82) is 0 Å². The average molecular weight is 569 g/mol. The molecular formula is C40H46N3+. The van der Waals surface area contributed by atoms with Crippen LogP contribution in [0.3, 0.4) is 0 Å². The lowest BCUT2D eigenvalue weighted by Crippen LogP contribution is -2.67. The highest BCUT2D eigenvalue weighted by Crippen LogP contribution is 2.52. The second kappa shape index (κ2) is 9.58. The summed E-state index contributed by atoms with van der Waals surface area (Å²) in [5.41, 5.74) is 12.2. The summed E-state index contributed by atoms with van der Waals surface area (Å²) in [5.74, 6) is 2.01. The maximum atomic E-state index is 2.73. The highest BCUT2D eigenvalue weighted by atomic mass is 15.2. The molecule has 2 aromatic heterocycles. The van der Waals surface area contributed by atoms with E-state index in [9.17, 15) is 0 Å². The zero-order valence-corrected chi connectivity index (χ0v) is 27.4. The van der Waals surface area contributed by atoms with Gasteiger partial charge in [-0.3, -0.25) is 0 Å². The molecule has 0 aliphatic carbocycles. The second-order valence-electron chi connectivity index (χ2n) is 13.8. The third-order valence-electron chi connectivity index (χ3n) is 11.3. The first kappa shape index (κ1) is 28.0. The largest absolute Gasteiger partial charge is 0.344 e. The van der Waals surface area contributed by atoms with Gasteiger partial charge in [0.2, 0.25) is 0 Å². The van der Waals surface area contributed by atoms with E-state index in [2.05, 4.69) is 155 Å². The van der Waals surface area contributed by atoms with Gasteiger partial charge in [0, 0.05) is 45.4 Å². The minimum Gasteiger partial charge on any atom is -0.344 e. The Morgan fingerprint density at radius 1 is 0.744 bits per heavy atom. The molecule has 0 fully saturated rings. The fraction of sp³-hybridized carbons (Fsp3) is 0.375. The molecule has 4 aromatic carbocycles. The van der Waals surface area contributed by atoms with Crippen LogP contribution in [0.25, 0.3) is 49.9 Å². The van der Waals surface area contributed by atoms with Crippen LogP contribution in [0.1, 0.15) is 96.8 Å². The highest BCUT2D eigenvalue weighted by molar-refractivity contribution is 6.11.